The third-order valence-electron chi connectivity index (χ3n) is 1.87. The average molecular weight is 244 g/mol. The summed E-state index contributed by atoms with van der Waals surface area (Å²) in [6.45, 7) is 0. The van der Waals surface area contributed by atoms with Crippen molar-refractivity contribution in [2.45, 2.75) is 4.90 Å². The summed E-state index contributed by atoms with van der Waals surface area (Å²) in [5.41, 5.74) is 0.460. The smallest absolute Gasteiger partial charge is 0.411 e. The van der Waals surface area contributed by atoms with Crippen LogP contribution in [0.5, 0.6) is 0 Å². The van der Waals surface area contributed by atoms with E-state index in [4.69, 9.17) is 0 Å². The van der Waals surface area contributed by atoms with Crippen LogP contribution >= 0.6 is 0 Å². The van der Waals surface area contributed by atoms with Crippen molar-refractivity contribution in [3.63, 3.8) is 0 Å². The van der Waals surface area contributed by atoms with E-state index in [9.17, 15) is 13.2 Å². The van der Waals surface area contributed by atoms with E-state index in [1.165, 1.54) is 38.4 Å². The minimum absolute atomic E-state index is 0.130. The number of sulfonamides is 1. The van der Waals surface area contributed by atoms with Crippen molar-refractivity contribution in [3.8, 4) is 0 Å². The molecule has 0 fully saturated rings. The molecule has 0 aromatic heterocycles. The molecule has 1 aromatic rings. The van der Waals surface area contributed by atoms with E-state index < -0.39 is 16.1 Å². The zero-order chi connectivity index (χ0) is 12.2. The lowest BCUT2D eigenvalue weighted by molar-refractivity contribution is 0.187. The first-order valence-corrected chi connectivity index (χ1v) is 5.86. The largest absolute Gasteiger partial charge is 0.453 e. The zero-order valence-electron chi connectivity index (χ0n) is 8.85. The Labute approximate surface area is 93.7 Å². The van der Waals surface area contributed by atoms with Gasteiger partial charge in [0.1, 0.15) is 0 Å². The van der Waals surface area contributed by atoms with Crippen LogP contribution in [0, 0.1) is 0 Å². The Morgan fingerprint density at radius 2 is 1.81 bits per heavy atom. The highest BCUT2D eigenvalue weighted by atomic mass is 32.2. The maximum atomic E-state index is 11.4. The number of methoxy groups -OCH3 is 1. The summed E-state index contributed by atoms with van der Waals surface area (Å²) in [5, 5.41) is 2.41. The Morgan fingerprint density at radius 1 is 1.25 bits per heavy atom. The third kappa shape index (κ3) is 2.94. The van der Waals surface area contributed by atoms with Crippen LogP contribution in [0.1, 0.15) is 0 Å². The van der Waals surface area contributed by atoms with Crippen LogP contribution < -0.4 is 10.0 Å². The second-order valence-corrected chi connectivity index (χ2v) is 4.74. The summed E-state index contributed by atoms with van der Waals surface area (Å²) in [5.74, 6) is 0. The Bertz CT molecular complexity index is 467. The highest BCUT2D eigenvalue weighted by molar-refractivity contribution is 7.89. The number of anilines is 1. The van der Waals surface area contributed by atoms with Gasteiger partial charge >= 0.3 is 6.09 Å². The lowest BCUT2D eigenvalue weighted by Crippen LogP contribution is -2.18. The lowest BCUT2D eigenvalue weighted by Gasteiger charge is -2.05. The predicted molar refractivity (Wildman–Crippen MR) is 58.7 cm³/mol. The van der Waals surface area contributed by atoms with E-state index >= 15 is 0 Å². The molecular formula is C9H12N2O4S. The van der Waals surface area contributed by atoms with Gasteiger partial charge < -0.3 is 4.74 Å². The molecule has 0 spiro atoms. The van der Waals surface area contributed by atoms with Crippen LogP contribution in [-0.4, -0.2) is 28.7 Å². The summed E-state index contributed by atoms with van der Waals surface area (Å²) in [6.07, 6.45) is -0.607. The van der Waals surface area contributed by atoms with Gasteiger partial charge in [-0.3, -0.25) is 5.32 Å². The molecule has 16 heavy (non-hydrogen) atoms. The molecule has 88 valence electrons. The normalized spacial score (nSPS) is 10.9. The quantitative estimate of drug-likeness (QED) is 0.822. The van der Waals surface area contributed by atoms with Crippen LogP contribution in [0.2, 0.25) is 0 Å². The van der Waals surface area contributed by atoms with Crippen LogP contribution in [0.4, 0.5) is 10.5 Å². The van der Waals surface area contributed by atoms with Crippen molar-refractivity contribution < 1.29 is 17.9 Å². The molecule has 0 heterocycles. The Morgan fingerprint density at radius 3 is 2.25 bits per heavy atom. The monoisotopic (exact) mass is 244 g/mol. The molecule has 1 aromatic carbocycles. The lowest BCUT2D eigenvalue weighted by atomic mass is 10.3. The van der Waals surface area contributed by atoms with Crippen molar-refractivity contribution in [1.82, 2.24) is 4.72 Å². The fraction of sp³-hybridized carbons (Fsp3) is 0.222. The standard InChI is InChI=1S/C9H12N2O4S/c1-10-16(13,14)8-5-3-7(4-6-8)11-9(12)15-2/h3-6,10H,1-2H3,(H,11,12). The van der Waals surface area contributed by atoms with Crippen LogP contribution in [0.15, 0.2) is 29.2 Å². The topological polar surface area (TPSA) is 84.5 Å². The maximum absolute atomic E-state index is 11.4. The molecule has 0 saturated carbocycles. The molecule has 0 saturated heterocycles. The first-order valence-electron chi connectivity index (χ1n) is 4.38. The molecule has 1 rings (SSSR count). The van der Waals surface area contributed by atoms with Crippen molar-refractivity contribution in [2.24, 2.45) is 0 Å². The molecule has 6 nitrogen and oxygen atoms in total. The molecule has 0 atom stereocenters. The number of hydrogen-bond acceptors (Lipinski definition) is 4. The van der Waals surface area contributed by atoms with Crippen molar-refractivity contribution >= 4 is 21.8 Å². The average Bonchev–Trinajstić information content (AvgIpc) is 2.29. The molecule has 0 radical (unpaired) electrons. The van der Waals surface area contributed by atoms with Gasteiger partial charge in [0.05, 0.1) is 12.0 Å². The number of amides is 1. The predicted octanol–water partition coefficient (Wildman–Crippen LogP) is 0.773. The van der Waals surface area contributed by atoms with E-state index in [1.807, 2.05) is 0 Å². The molecule has 0 aliphatic heterocycles. The maximum Gasteiger partial charge on any atom is 0.411 e. The minimum Gasteiger partial charge on any atom is -0.453 e. The van der Waals surface area contributed by atoms with E-state index in [2.05, 4.69) is 14.8 Å². The number of ether oxygens (including phenoxy) is 1. The summed E-state index contributed by atoms with van der Waals surface area (Å²) >= 11 is 0. The van der Waals surface area contributed by atoms with Gasteiger partial charge in [-0.2, -0.15) is 0 Å². The molecule has 0 aliphatic rings. The summed E-state index contributed by atoms with van der Waals surface area (Å²) in [4.78, 5) is 11.0. The first kappa shape index (κ1) is 12.5. The summed E-state index contributed by atoms with van der Waals surface area (Å²) in [6, 6.07) is 5.72. The van der Waals surface area contributed by atoms with Gasteiger partial charge in [-0.15, -0.1) is 0 Å². The molecule has 0 unspecified atom stereocenters. The molecule has 2 N–H and O–H groups in total. The Hall–Kier alpha value is -1.60. The van der Waals surface area contributed by atoms with Gasteiger partial charge in [-0.05, 0) is 31.3 Å². The number of carbonyl (C=O) groups excluding carboxylic acids is 1. The first-order chi connectivity index (χ1) is 7.49. The number of carbonyl (C=O) groups is 1. The molecule has 0 aliphatic carbocycles. The van der Waals surface area contributed by atoms with E-state index in [-0.39, 0.29) is 4.90 Å². The van der Waals surface area contributed by atoms with Crippen molar-refractivity contribution in [2.75, 3.05) is 19.5 Å². The summed E-state index contributed by atoms with van der Waals surface area (Å²) < 4.78 is 29.3. The van der Waals surface area contributed by atoms with Gasteiger partial charge in [-0.25, -0.2) is 17.9 Å². The third-order valence-corrected chi connectivity index (χ3v) is 3.30. The van der Waals surface area contributed by atoms with Gasteiger partial charge in [-0.1, -0.05) is 0 Å². The second kappa shape index (κ2) is 4.95. The minimum atomic E-state index is -3.44. The fourth-order valence-electron chi connectivity index (χ4n) is 1.00. The zero-order valence-corrected chi connectivity index (χ0v) is 9.67. The SMILES string of the molecule is CNS(=O)(=O)c1ccc(NC(=O)OC)cc1. The number of nitrogens with one attached hydrogen (secondary N) is 2. The van der Waals surface area contributed by atoms with Gasteiger partial charge in [0, 0.05) is 5.69 Å². The number of benzene rings is 1. The Kier molecular flexibility index (Phi) is 3.86. The second-order valence-electron chi connectivity index (χ2n) is 2.85. The highest BCUT2D eigenvalue weighted by Crippen LogP contribution is 2.13. The number of hydrogen-bond donors (Lipinski definition) is 2. The molecule has 1 amide bonds. The van der Waals surface area contributed by atoms with Gasteiger partial charge in [0.25, 0.3) is 0 Å². The van der Waals surface area contributed by atoms with Gasteiger partial charge in [0.15, 0.2) is 0 Å². The van der Waals surface area contributed by atoms with E-state index in [0.717, 1.165) is 0 Å². The molecule has 7 heteroatoms. The Balaban J connectivity index is 2.88. The van der Waals surface area contributed by atoms with Crippen LogP contribution in [-0.2, 0) is 14.8 Å². The van der Waals surface area contributed by atoms with Crippen LogP contribution in [0.3, 0.4) is 0 Å². The van der Waals surface area contributed by atoms with Crippen LogP contribution in [0.25, 0.3) is 0 Å². The highest BCUT2D eigenvalue weighted by Gasteiger charge is 2.10. The van der Waals surface area contributed by atoms with Crippen molar-refractivity contribution in [3.05, 3.63) is 24.3 Å². The van der Waals surface area contributed by atoms with Crippen molar-refractivity contribution in [1.29, 1.82) is 0 Å². The summed E-state index contributed by atoms with van der Waals surface area (Å²) in [7, 11) is -0.868. The molecular weight excluding hydrogens is 232 g/mol. The van der Waals surface area contributed by atoms with E-state index in [1.54, 1.807) is 0 Å². The fourth-order valence-corrected chi connectivity index (χ4v) is 1.73. The van der Waals surface area contributed by atoms with E-state index in [0.29, 0.717) is 5.69 Å². The van der Waals surface area contributed by atoms with Gasteiger partial charge in [0.2, 0.25) is 10.0 Å². The molecule has 0 bridgehead atoms. The number of rotatable bonds is 3.